The van der Waals surface area contributed by atoms with Crippen molar-refractivity contribution in [3.8, 4) is 0 Å². The molecule has 0 amide bonds. The number of para-hydroxylation sites is 2. The second-order valence-corrected chi connectivity index (χ2v) is 13.1. The first-order valence-corrected chi connectivity index (χ1v) is 14.7. The highest BCUT2D eigenvalue weighted by atomic mass is 33.1. The normalized spacial score (nSPS) is 11.5. The van der Waals surface area contributed by atoms with E-state index in [-0.39, 0.29) is 0 Å². The smallest absolute Gasteiger partial charge is 0.162 e. The molecule has 0 radical (unpaired) electrons. The van der Waals surface area contributed by atoms with E-state index >= 15 is 0 Å². The molecule has 0 aliphatic heterocycles. The predicted octanol–water partition coefficient (Wildman–Crippen LogP) is 8.81. The number of hydrogen-bond donors (Lipinski definition) is 0. The monoisotopic (exact) mass is 486 g/mol. The van der Waals surface area contributed by atoms with Gasteiger partial charge in [0.2, 0.25) is 0 Å². The summed E-state index contributed by atoms with van der Waals surface area (Å²) in [5, 5.41) is 0. The molecule has 0 unspecified atom stereocenters. The van der Waals surface area contributed by atoms with Crippen LogP contribution in [0.2, 0.25) is 0 Å². The predicted molar refractivity (Wildman–Crippen MR) is 134 cm³/mol. The van der Waals surface area contributed by atoms with Crippen molar-refractivity contribution in [1.29, 1.82) is 0 Å². The Morgan fingerprint density at radius 2 is 1.24 bits per heavy atom. The van der Waals surface area contributed by atoms with E-state index in [1.165, 1.54) is 24.8 Å². The van der Waals surface area contributed by atoms with Gasteiger partial charge in [0.25, 0.3) is 0 Å². The zero-order chi connectivity index (χ0) is 19.6. The maximum atomic E-state index is 4.70. The van der Waals surface area contributed by atoms with E-state index in [2.05, 4.69) is 61.5 Å². The molecule has 29 heavy (non-hydrogen) atoms. The van der Waals surface area contributed by atoms with Crippen LogP contribution in [0.1, 0.15) is 5.56 Å². The molecule has 5 aromatic rings. The lowest BCUT2D eigenvalue weighted by Gasteiger charge is -2.06. The number of benzene rings is 3. The van der Waals surface area contributed by atoms with Gasteiger partial charge in [0, 0.05) is 9.79 Å². The number of rotatable bonds is 6. The summed E-state index contributed by atoms with van der Waals surface area (Å²) in [6, 6.07) is 23.3. The lowest BCUT2D eigenvalue weighted by atomic mass is 10.2. The highest BCUT2D eigenvalue weighted by Gasteiger charge is 2.09. The Hall–Kier alpha value is -1.16. The van der Waals surface area contributed by atoms with Gasteiger partial charge in [-0.25, -0.2) is 9.97 Å². The van der Waals surface area contributed by atoms with Crippen molar-refractivity contribution in [3.63, 3.8) is 0 Å². The Labute approximate surface area is 192 Å². The van der Waals surface area contributed by atoms with Gasteiger partial charge in [-0.15, -0.1) is 22.7 Å². The Morgan fingerprint density at radius 3 is 1.83 bits per heavy atom. The Kier molecular flexibility index (Phi) is 6.08. The second-order valence-electron chi connectivity index (χ2n) is 6.16. The second kappa shape index (κ2) is 8.91. The van der Waals surface area contributed by atoms with Crippen molar-refractivity contribution in [2.75, 3.05) is 0 Å². The fraction of sp³-hybridized carbons (Fsp3) is 0.0476. The first-order chi connectivity index (χ1) is 14.2. The van der Waals surface area contributed by atoms with Crippen LogP contribution in [0.25, 0.3) is 20.4 Å². The summed E-state index contributed by atoms with van der Waals surface area (Å²) in [4.78, 5) is 11.9. The van der Waals surface area contributed by atoms with Crippen LogP contribution in [0.15, 0.2) is 85.2 Å². The van der Waals surface area contributed by atoms with Gasteiger partial charge < -0.3 is 0 Å². The molecular formula is C21H14N2S6. The van der Waals surface area contributed by atoms with Crippen LogP contribution >= 0.6 is 65.8 Å². The molecule has 0 bridgehead atoms. The number of thiazole rings is 2. The summed E-state index contributed by atoms with van der Waals surface area (Å²) in [6.07, 6.45) is 0. The summed E-state index contributed by atoms with van der Waals surface area (Å²) in [6.45, 7) is 2.17. The number of fused-ring (bicyclic) bond motifs is 2. The lowest BCUT2D eigenvalue weighted by Crippen LogP contribution is -1.79. The van der Waals surface area contributed by atoms with Crippen molar-refractivity contribution < 1.29 is 0 Å². The minimum absolute atomic E-state index is 1.08. The molecule has 2 heterocycles. The molecule has 2 nitrogen and oxygen atoms in total. The van der Waals surface area contributed by atoms with Crippen molar-refractivity contribution in [3.05, 3.63) is 72.3 Å². The molecule has 5 rings (SSSR count). The minimum atomic E-state index is 1.08. The molecule has 3 aromatic carbocycles. The lowest BCUT2D eigenvalue weighted by molar-refractivity contribution is 1.25. The molecule has 0 saturated carbocycles. The third kappa shape index (κ3) is 4.62. The average Bonchev–Trinajstić information content (AvgIpc) is 3.34. The van der Waals surface area contributed by atoms with Crippen LogP contribution in [0.4, 0.5) is 0 Å². The molecule has 0 atom stereocenters. The van der Waals surface area contributed by atoms with Crippen LogP contribution in [0, 0.1) is 6.92 Å². The van der Waals surface area contributed by atoms with Gasteiger partial charge in [0.05, 0.1) is 20.4 Å². The van der Waals surface area contributed by atoms with E-state index in [0.717, 1.165) is 19.7 Å². The zero-order valence-corrected chi connectivity index (χ0v) is 20.1. The van der Waals surface area contributed by atoms with E-state index in [1.54, 1.807) is 65.8 Å². The van der Waals surface area contributed by atoms with Crippen molar-refractivity contribution in [1.82, 2.24) is 9.97 Å². The van der Waals surface area contributed by atoms with Crippen LogP contribution in [-0.2, 0) is 0 Å². The third-order valence-corrected chi connectivity index (χ3v) is 11.7. The topological polar surface area (TPSA) is 25.8 Å². The van der Waals surface area contributed by atoms with Crippen molar-refractivity contribution >= 4 is 86.3 Å². The highest BCUT2D eigenvalue weighted by molar-refractivity contribution is 8.77. The van der Waals surface area contributed by atoms with E-state index in [4.69, 9.17) is 9.97 Å². The number of aromatic nitrogens is 2. The molecule has 0 spiro atoms. The summed E-state index contributed by atoms with van der Waals surface area (Å²) in [7, 11) is 7.01. The molecule has 0 aliphatic carbocycles. The number of aryl methyl sites for hydroxylation is 1. The molecule has 0 fully saturated rings. The van der Waals surface area contributed by atoms with E-state index in [0.29, 0.717) is 0 Å². The highest BCUT2D eigenvalue weighted by Crippen LogP contribution is 2.45. The quantitative estimate of drug-likeness (QED) is 0.222. The third-order valence-electron chi connectivity index (χ3n) is 4.11. The molecule has 0 saturated heterocycles. The number of hydrogen-bond acceptors (Lipinski definition) is 8. The Balaban J connectivity index is 1.23. The average molecular weight is 487 g/mol. The Morgan fingerprint density at radius 1 is 0.655 bits per heavy atom. The van der Waals surface area contributed by atoms with Gasteiger partial charge in [-0.2, -0.15) is 0 Å². The molecule has 8 heteroatoms. The van der Waals surface area contributed by atoms with Crippen LogP contribution in [0.5, 0.6) is 0 Å². The minimum Gasteiger partial charge on any atom is -0.229 e. The number of nitrogens with zero attached hydrogens (tertiary/aromatic N) is 2. The molecule has 144 valence electrons. The standard InChI is InChI=1S/C21H14N2S6/c1-13-12-14(26-28-20-22-15-6-2-4-8-18(15)24-20)10-11-17(13)27-29-21-23-16-7-3-5-9-19(16)25-21/h2-12H,1H3. The zero-order valence-electron chi connectivity index (χ0n) is 15.2. The SMILES string of the molecule is Cc1cc(SSc2nc3ccccc3s2)ccc1SSc1nc2ccccc2s1. The van der Waals surface area contributed by atoms with E-state index in [9.17, 15) is 0 Å². The first kappa shape index (κ1) is 19.8. The molecule has 0 aliphatic rings. The van der Waals surface area contributed by atoms with E-state index < -0.39 is 0 Å². The Bertz CT molecular complexity index is 1230. The maximum Gasteiger partial charge on any atom is 0.162 e. The van der Waals surface area contributed by atoms with Crippen molar-refractivity contribution in [2.45, 2.75) is 25.4 Å². The van der Waals surface area contributed by atoms with E-state index in [1.807, 2.05) is 12.1 Å². The van der Waals surface area contributed by atoms with Crippen molar-refractivity contribution in [2.24, 2.45) is 0 Å². The maximum absolute atomic E-state index is 4.70. The van der Waals surface area contributed by atoms with Gasteiger partial charge in [0.15, 0.2) is 8.68 Å². The summed E-state index contributed by atoms with van der Waals surface area (Å²) < 4.78 is 4.68. The van der Waals surface area contributed by atoms with Crippen LogP contribution in [-0.4, -0.2) is 9.97 Å². The van der Waals surface area contributed by atoms with Gasteiger partial charge >= 0.3 is 0 Å². The van der Waals surface area contributed by atoms with Gasteiger partial charge in [-0.3, -0.25) is 0 Å². The summed E-state index contributed by atoms with van der Waals surface area (Å²) >= 11 is 3.50. The molecule has 0 N–H and O–H groups in total. The molecular weight excluding hydrogens is 473 g/mol. The summed E-state index contributed by atoms with van der Waals surface area (Å²) in [5.74, 6) is 0. The van der Waals surface area contributed by atoms with Crippen LogP contribution in [0.3, 0.4) is 0 Å². The largest absolute Gasteiger partial charge is 0.229 e. The molecule has 2 aromatic heterocycles. The van der Waals surface area contributed by atoms with Gasteiger partial charge in [-0.1, -0.05) is 35.1 Å². The van der Waals surface area contributed by atoms with Gasteiger partial charge in [0.1, 0.15) is 0 Å². The van der Waals surface area contributed by atoms with Gasteiger partial charge in [-0.05, 0) is 87.3 Å². The fourth-order valence-electron chi connectivity index (χ4n) is 2.70. The first-order valence-electron chi connectivity index (χ1n) is 8.75. The van der Waals surface area contributed by atoms with Crippen LogP contribution < -0.4 is 0 Å². The fourth-order valence-corrected chi connectivity index (χ4v) is 9.48. The summed E-state index contributed by atoms with van der Waals surface area (Å²) in [5.41, 5.74) is 3.45.